The van der Waals surface area contributed by atoms with Gasteiger partial charge < -0.3 is 31.1 Å². The van der Waals surface area contributed by atoms with Crippen LogP contribution in [-0.2, 0) is 9.53 Å². The highest BCUT2D eigenvalue weighted by atomic mass is 16.6. The minimum atomic E-state index is -0.995. The quantitative estimate of drug-likeness (QED) is 0.509. The summed E-state index contributed by atoms with van der Waals surface area (Å²) in [6.07, 6.45) is -0.590. The molecular weight excluding hydrogens is 340 g/mol. The van der Waals surface area contributed by atoms with Crippen molar-refractivity contribution in [3.8, 4) is 0 Å². The summed E-state index contributed by atoms with van der Waals surface area (Å²) in [5, 5.41) is 14.7. The summed E-state index contributed by atoms with van der Waals surface area (Å²) in [5.74, 6) is -0.331. The average molecular weight is 374 g/mol. The van der Waals surface area contributed by atoms with Gasteiger partial charge in [0.1, 0.15) is 5.60 Å². The molecule has 0 aliphatic rings. The van der Waals surface area contributed by atoms with E-state index in [9.17, 15) is 19.5 Å². The molecule has 0 spiro atoms. The van der Waals surface area contributed by atoms with E-state index >= 15 is 0 Å². The van der Waals surface area contributed by atoms with Crippen LogP contribution in [0.15, 0.2) is 0 Å². The van der Waals surface area contributed by atoms with Gasteiger partial charge in [0.15, 0.2) is 0 Å². The van der Waals surface area contributed by atoms with Gasteiger partial charge in [-0.25, -0.2) is 9.59 Å². The van der Waals surface area contributed by atoms with Crippen molar-refractivity contribution in [1.82, 2.24) is 15.5 Å². The van der Waals surface area contributed by atoms with Crippen molar-refractivity contribution < 1.29 is 24.2 Å². The molecule has 0 aromatic heterocycles. The lowest BCUT2D eigenvalue weighted by atomic mass is 10.0. The highest BCUT2D eigenvalue weighted by Gasteiger charge is 2.26. The molecule has 9 heteroatoms. The molecule has 3 amide bonds. The number of rotatable bonds is 8. The Morgan fingerprint density at radius 1 is 1.15 bits per heavy atom. The van der Waals surface area contributed by atoms with Gasteiger partial charge in [-0.15, -0.1) is 0 Å². The lowest BCUT2D eigenvalue weighted by Crippen LogP contribution is -2.48. The lowest BCUT2D eigenvalue weighted by Gasteiger charge is -2.33. The van der Waals surface area contributed by atoms with Crippen molar-refractivity contribution in [3.05, 3.63) is 0 Å². The molecule has 0 radical (unpaired) electrons. The van der Waals surface area contributed by atoms with E-state index in [0.29, 0.717) is 19.4 Å². The maximum Gasteiger partial charge on any atom is 0.407 e. The van der Waals surface area contributed by atoms with Crippen LogP contribution in [0.3, 0.4) is 0 Å². The first-order valence-electron chi connectivity index (χ1n) is 8.73. The van der Waals surface area contributed by atoms with Crippen molar-refractivity contribution in [2.24, 2.45) is 5.73 Å². The number of carbonyl (C=O) groups is 3. The number of hydrogen-bond acceptors (Lipinski definition) is 5. The molecule has 0 saturated carbocycles. The highest BCUT2D eigenvalue weighted by molar-refractivity contribution is 5.77. The second kappa shape index (κ2) is 10.2. The van der Waals surface area contributed by atoms with Crippen molar-refractivity contribution in [3.63, 3.8) is 0 Å². The van der Waals surface area contributed by atoms with E-state index in [1.54, 1.807) is 20.8 Å². The fourth-order valence-electron chi connectivity index (χ4n) is 2.22. The van der Waals surface area contributed by atoms with Gasteiger partial charge in [0, 0.05) is 24.7 Å². The Kier molecular flexibility index (Phi) is 9.40. The highest BCUT2D eigenvalue weighted by Crippen LogP contribution is 2.15. The number of nitrogens with one attached hydrogen (secondary N) is 2. The van der Waals surface area contributed by atoms with Crippen LogP contribution in [0.25, 0.3) is 0 Å². The van der Waals surface area contributed by atoms with Gasteiger partial charge in [-0.05, 0) is 54.4 Å². The molecule has 9 nitrogen and oxygen atoms in total. The topological polar surface area (TPSA) is 134 Å². The van der Waals surface area contributed by atoms with E-state index in [1.165, 1.54) is 4.90 Å². The number of nitrogens with two attached hydrogens (primary N) is 1. The number of nitrogens with zero attached hydrogens (tertiary/aromatic N) is 1. The minimum Gasteiger partial charge on any atom is -0.465 e. The summed E-state index contributed by atoms with van der Waals surface area (Å²) < 4.78 is 5.23. The van der Waals surface area contributed by atoms with E-state index in [1.807, 2.05) is 20.8 Å². The molecule has 5 N–H and O–H groups in total. The Bertz CT molecular complexity index is 483. The fourth-order valence-corrected chi connectivity index (χ4v) is 2.22. The van der Waals surface area contributed by atoms with Crippen molar-refractivity contribution in [2.45, 2.75) is 71.6 Å². The molecule has 0 saturated heterocycles. The summed E-state index contributed by atoms with van der Waals surface area (Å²) in [6, 6.07) is -0.393. The summed E-state index contributed by atoms with van der Waals surface area (Å²) >= 11 is 0. The van der Waals surface area contributed by atoms with Crippen LogP contribution in [0.2, 0.25) is 0 Å². The first-order chi connectivity index (χ1) is 11.8. The van der Waals surface area contributed by atoms with Crippen LogP contribution in [0.5, 0.6) is 0 Å². The Hall–Kier alpha value is -2.03. The van der Waals surface area contributed by atoms with Gasteiger partial charge in [-0.2, -0.15) is 0 Å². The third-order valence-corrected chi connectivity index (χ3v) is 3.43. The SMILES string of the molecule is CC(C)(C)OC(=O)N[C@@H](CCCN(C(=O)O)C(C)(C)C)CNC(=O)CN. The molecule has 0 aliphatic heterocycles. The standard InChI is InChI=1S/C17H34N4O5/c1-16(2,3)21(15(24)25)9-7-8-12(11-19-13(22)10-18)20-14(23)26-17(4,5)6/h12H,7-11,18H2,1-6H3,(H,19,22)(H,20,23)(H,24,25)/t12-/m0/s1. The molecule has 26 heavy (non-hydrogen) atoms. The summed E-state index contributed by atoms with van der Waals surface area (Å²) in [6.45, 7) is 11.1. The summed E-state index contributed by atoms with van der Waals surface area (Å²) in [7, 11) is 0. The second-order valence-corrected chi connectivity index (χ2v) is 8.10. The number of alkyl carbamates (subject to hydrolysis) is 1. The molecule has 0 fully saturated rings. The van der Waals surface area contributed by atoms with Crippen LogP contribution < -0.4 is 16.4 Å². The van der Waals surface area contributed by atoms with Gasteiger partial charge in [0.25, 0.3) is 0 Å². The Labute approximate surface area is 155 Å². The number of hydrogen-bond donors (Lipinski definition) is 4. The van der Waals surface area contributed by atoms with Crippen LogP contribution in [0.1, 0.15) is 54.4 Å². The minimum absolute atomic E-state index is 0.143. The Balaban J connectivity index is 4.76. The summed E-state index contributed by atoms with van der Waals surface area (Å²) in [4.78, 5) is 36.1. The van der Waals surface area contributed by atoms with Gasteiger partial charge in [-0.3, -0.25) is 4.79 Å². The third kappa shape index (κ3) is 10.8. The van der Waals surface area contributed by atoms with E-state index in [-0.39, 0.29) is 19.0 Å². The molecule has 0 rings (SSSR count). The molecule has 0 aromatic rings. The van der Waals surface area contributed by atoms with Crippen molar-refractivity contribution in [2.75, 3.05) is 19.6 Å². The Morgan fingerprint density at radius 3 is 2.15 bits per heavy atom. The van der Waals surface area contributed by atoms with Gasteiger partial charge >= 0.3 is 12.2 Å². The van der Waals surface area contributed by atoms with Crippen LogP contribution >= 0.6 is 0 Å². The normalized spacial score (nSPS) is 12.9. The number of carboxylic acid groups (broad SMARTS) is 1. The molecule has 0 unspecified atom stereocenters. The van der Waals surface area contributed by atoms with E-state index in [2.05, 4.69) is 10.6 Å². The molecule has 0 aromatic carbocycles. The zero-order chi connectivity index (χ0) is 20.5. The molecule has 1 atom stereocenters. The average Bonchev–Trinajstić information content (AvgIpc) is 2.44. The number of amides is 3. The maximum absolute atomic E-state index is 12.0. The molecular formula is C17H34N4O5. The first-order valence-corrected chi connectivity index (χ1v) is 8.73. The smallest absolute Gasteiger partial charge is 0.407 e. The second-order valence-electron chi connectivity index (χ2n) is 8.10. The summed E-state index contributed by atoms with van der Waals surface area (Å²) in [5.41, 5.74) is 4.11. The van der Waals surface area contributed by atoms with E-state index in [0.717, 1.165) is 0 Å². The van der Waals surface area contributed by atoms with Gasteiger partial charge in [0.05, 0.1) is 6.54 Å². The molecule has 152 valence electrons. The maximum atomic E-state index is 12.0. The van der Waals surface area contributed by atoms with Crippen molar-refractivity contribution >= 4 is 18.1 Å². The predicted molar refractivity (Wildman–Crippen MR) is 98.9 cm³/mol. The zero-order valence-corrected chi connectivity index (χ0v) is 16.7. The van der Waals surface area contributed by atoms with Crippen molar-refractivity contribution in [1.29, 1.82) is 0 Å². The molecule has 0 bridgehead atoms. The zero-order valence-electron chi connectivity index (χ0n) is 16.7. The molecule has 0 aliphatic carbocycles. The lowest BCUT2D eigenvalue weighted by molar-refractivity contribution is -0.119. The van der Waals surface area contributed by atoms with Gasteiger partial charge in [0.2, 0.25) is 5.91 Å². The third-order valence-electron chi connectivity index (χ3n) is 3.43. The number of ether oxygens (including phenoxy) is 1. The van der Waals surface area contributed by atoms with E-state index in [4.69, 9.17) is 10.5 Å². The van der Waals surface area contributed by atoms with Crippen LogP contribution in [0.4, 0.5) is 9.59 Å². The largest absolute Gasteiger partial charge is 0.465 e. The molecule has 0 heterocycles. The van der Waals surface area contributed by atoms with E-state index < -0.39 is 29.4 Å². The van der Waals surface area contributed by atoms with Gasteiger partial charge in [-0.1, -0.05) is 0 Å². The fraction of sp³-hybridized carbons (Fsp3) is 0.824. The first kappa shape index (κ1) is 24.0. The Morgan fingerprint density at radius 2 is 1.73 bits per heavy atom. The predicted octanol–water partition coefficient (Wildman–Crippen LogP) is 1.51. The van der Waals surface area contributed by atoms with Crippen LogP contribution in [-0.4, -0.2) is 64.9 Å². The monoisotopic (exact) mass is 374 g/mol. The number of carbonyl (C=O) groups excluding carboxylic acids is 2. The van der Waals surface area contributed by atoms with Crippen LogP contribution in [0, 0.1) is 0 Å².